The highest BCUT2D eigenvalue weighted by atomic mass is 32.9. The zero-order chi connectivity index (χ0) is 8.85. The summed E-state index contributed by atoms with van der Waals surface area (Å²) in [7, 11) is 7.16. The van der Waals surface area contributed by atoms with E-state index in [0.29, 0.717) is 7.96 Å². The average Bonchev–Trinajstić information content (AvgIpc) is 2.02. The van der Waals surface area contributed by atoms with Crippen molar-refractivity contribution in [2.45, 2.75) is 0 Å². The Kier molecular flexibility index (Phi) is 8.77. The molecule has 0 amide bonds. The van der Waals surface area contributed by atoms with Crippen molar-refractivity contribution in [1.29, 1.82) is 0 Å². The summed E-state index contributed by atoms with van der Waals surface area (Å²) in [5.74, 6) is 0. The highest BCUT2D eigenvalue weighted by molar-refractivity contribution is 8.90. The second-order valence-corrected chi connectivity index (χ2v) is 19.6. The maximum absolute atomic E-state index is 10.8. The molecule has 0 aliphatic rings. The van der Waals surface area contributed by atoms with E-state index in [1.165, 1.54) is 7.11 Å². The first-order chi connectivity index (χ1) is 5.11. The monoisotopic (exact) mass is 267 g/mol. The molecule has 0 saturated heterocycles. The van der Waals surface area contributed by atoms with Crippen LogP contribution < -0.4 is 5.50 Å². The Morgan fingerprint density at radius 2 is 2.27 bits per heavy atom. The largest absolute Gasteiger partial charge is 0.466 e. The molecule has 0 saturated carbocycles. The third-order valence-corrected chi connectivity index (χ3v) is 23.1. The van der Waals surface area contributed by atoms with Crippen molar-refractivity contribution >= 4 is 54.2 Å². The van der Waals surface area contributed by atoms with E-state index in [-0.39, 0.29) is 21.0 Å². The first kappa shape index (κ1) is 13.0. The lowest BCUT2D eigenvalue weighted by Crippen LogP contribution is -1.85. The molecule has 0 radical (unpaired) electrons. The molecule has 0 bridgehead atoms. The minimum absolute atomic E-state index is 0.132. The Morgan fingerprint density at radius 1 is 1.73 bits per heavy atom. The summed E-state index contributed by atoms with van der Waals surface area (Å²) in [5, 5.41) is 0. The summed E-state index contributed by atoms with van der Waals surface area (Å²) < 4.78 is 4.54. The number of methoxy groups -OCH3 is 1. The molecular formula is C2H11NO2P6. The van der Waals surface area contributed by atoms with Gasteiger partial charge in [0.05, 0.1) is 7.11 Å². The van der Waals surface area contributed by atoms with Gasteiger partial charge in [-0.15, -0.1) is 17.9 Å². The fourth-order valence-electron chi connectivity index (χ4n) is 0.255. The van der Waals surface area contributed by atoms with Crippen LogP contribution in [0, 0.1) is 0 Å². The maximum atomic E-state index is 10.8. The van der Waals surface area contributed by atoms with Gasteiger partial charge in [0, 0.05) is 15.7 Å². The van der Waals surface area contributed by atoms with E-state index < -0.39 is 7.45 Å². The first-order valence-corrected chi connectivity index (χ1v) is 13.1. The molecule has 6 atom stereocenters. The lowest BCUT2D eigenvalue weighted by atomic mass is 11.5. The second kappa shape index (κ2) is 7.42. The van der Waals surface area contributed by atoms with Gasteiger partial charge in [-0.3, -0.25) is 0 Å². The van der Waals surface area contributed by atoms with Crippen molar-refractivity contribution in [2.24, 2.45) is 5.50 Å². The quantitative estimate of drug-likeness (QED) is 0.795. The zero-order valence-corrected chi connectivity index (χ0v) is 12.0. The number of carbonyl (C=O) groups is 1. The number of nitrogens with two attached hydrogens (primary N) is 1. The van der Waals surface area contributed by atoms with E-state index in [0.717, 1.165) is 0 Å². The van der Waals surface area contributed by atoms with Crippen LogP contribution in [0.5, 0.6) is 0 Å². The molecule has 9 heteroatoms. The fraction of sp³-hybridized carbons (Fsp3) is 0.500. The molecule has 0 aromatic heterocycles. The van der Waals surface area contributed by atoms with Crippen LogP contribution in [0.2, 0.25) is 0 Å². The maximum Gasteiger partial charge on any atom is 0.327 e. The van der Waals surface area contributed by atoms with Gasteiger partial charge in [-0.1, -0.05) is 7.96 Å². The van der Waals surface area contributed by atoms with Crippen LogP contribution in [0.25, 0.3) is 0 Å². The van der Waals surface area contributed by atoms with E-state index in [1.54, 1.807) is 0 Å². The van der Waals surface area contributed by atoms with Gasteiger partial charge in [0.15, 0.2) is 0 Å². The molecule has 0 aliphatic carbocycles. The standard InChI is InChI=1S/C2H11NO2P6/c1-5-2(4)8-11(7)10(3)9-6/h8-9H,3,6-7H2,1H3. The minimum Gasteiger partial charge on any atom is -0.466 e. The number of rotatable bonds is 4. The Bertz CT molecular complexity index is 132. The lowest BCUT2D eigenvalue weighted by Gasteiger charge is -2.16. The van der Waals surface area contributed by atoms with Gasteiger partial charge < -0.3 is 10.2 Å². The molecule has 0 heterocycles. The van der Waals surface area contributed by atoms with E-state index >= 15 is 0 Å². The van der Waals surface area contributed by atoms with Crippen molar-refractivity contribution in [1.82, 2.24) is 0 Å². The van der Waals surface area contributed by atoms with Crippen LogP contribution >= 0.6 is 48.5 Å². The third kappa shape index (κ3) is 6.13. The first-order valence-electron chi connectivity index (χ1n) is 2.52. The number of ether oxygens (including phenoxy) is 1. The van der Waals surface area contributed by atoms with Gasteiger partial charge in [0.25, 0.3) is 0 Å². The van der Waals surface area contributed by atoms with E-state index in [2.05, 4.69) is 22.6 Å². The zero-order valence-electron chi connectivity index (χ0n) is 5.94. The number of hydrogen-bond acceptors (Lipinski definition) is 3. The molecule has 0 spiro atoms. The molecule has 0 aromatic carbocycles. The Hall–Kier alpha value is 2.01. The number of hydrogen-bond donors (Lipinski definition) is 1. The molecule has 0 aromatic rings. The molecule has 66 valence electrons. The van der Waals surface area contributed by atoms with Crippen molar-refractivity contribution in [2.75, 3.05) is 7.11 Å². The molecule has 2 N–H and O–H groups in total. The van der Waals surface area contributed by atoms with Gasteiger partial charge in [0.1, 0.15) is 0 Å². The minimum atomic E-state index is -0.448. The van der Waals surface area contributed by atoms with Crippen LogP contribution in [0.1, 0.15) is 0 Å². The topological polar surface area (TPSA) is 52.3 Å². The molecule has 0 aliphatic heterocycles. The molecule has 0 rings (SSSR count). The summed E-state index contributed by atoms with van der Waals surface area (Å²) in [6.45, 7) is -0.383. The molecule has 11 heavy (non-hydrogen) atoms. The molecule has 0 fully saturated rings. The summed E-state index contributed by atoms with van der Waals surface area (Å²) in [4.78, 5) is 10.8. The summed E-state index contributed by atoms with van der Waals surface area (Å²) in [6, 6.07) is 0. The van der Waals surface area contributed by atoms with Crippen LogP contribution in [0.4, 0.5) is 4.79 Å². The van der Waals surface area contributed by atoms with E-state index in [9.17, 15) is 4.79 Å². The predicted octanol–water partition coefficient (Wildman–Crippen LogP) is 3.27. The third-order valence-electron chi connectivity index (χ3n) is 0.756. The van der Waals surface area contributed by atoms with Crippen molar-refractivity contribution in [3.8, 4) is 0 Å². The van der Waals surface area contributed by atoms with Crippen molar-refractivity contribution < 1.29 is 9.53 Å². The van der Waals surface area contributed by atoms with Crippen LogP contribution in [0.15, 0.2) is 0 Å². The van der Waals surface area contributed by atoms with Gasteiger partial charge in [0.2, 0.25) is 0 Å². The van der Waals surface area contributed by atoms with Crippen molar-refractivity contribution in [3.63, 3.8) is 0 Å². The summed E-state index contributed by atoms with van der Waals surface area (Å²) in [5.41, 5.74) is 5.65. The fourth-order valence-corrected chi connectivity index (χ4v) is 20.9. The Balaban J connectivity index is 3.67. The highest BCUT2D eigenvalue weighted by Gasteiger charge is 2.14. The van der Waals surface area contributed by atoms with Crippen molar-refractivity contribution in [3.05, 3.63) is 0 Å². The average molecular weight is 267 g/mol. The number of carbonyl (C=O) groups excluding carboxylic acids is 1. The summed E-state index contributed by atoms with van der Waals surface area (Å²) >= 11 is 0. The second-order valence-electron chi connectivity index (χ2n) is 1.42. The van der Waals surface area contributed by atoms with Crippen LogP contribution in [-0.4, -0.2) is 12.8 Å². The van der Waals surface area contributed by atoms with E-state index in [4.69, 9.17) is 5.50 Å². The molecular weight excluding hydrogens is 256 g/mol. The predicted molar refractivity (Wildman–Crippen MR) is 66.5 cm³/mol. The van der Waals surface area contributed by atoms with Crippen LogP contribution in [-0.2, 0) is 4.74 Å². The molecule has 6 unspecified atom stereocenters. The summed E-state index contributed by atoms with van der Waals surface area (Å²) in [6.07, 6.45) is 0. The van der Waals surface area contributed by atoms with Gasteiger partial charge in [-0.05, 0) is 6.99 Å². The Morgan fingerprint density at radius 3 is 2.64 bits per heavy atom. The SMILES string of the molecule is COC(=O)PP(P)P(N)PP. The van der Waals surface area contributed by atoms with E-state index in [1.807, 2.05) is 0 Å². The lowest BCUT2D eigenvalue weighted by molar-refractivity contribution is 0.200. The molecule has 3 nitrogen and oxygen atoms in total. The smallest absolute Gasteiger partial charge is 0.327 e. The van der Waals surface area contributed by atoms with Gasteiger partial charge in [-0.25, -0.2) is 4.79 Å². The normalized spacial score (nSPS) is 17.8. The highest BCUT2D eigenvalue weighted by Crippen LogP contribution is 2.88. The Labute approximate surface area is 76.7 Å². The van der Waals surface area contributed by atoms with Gasteiger partial charge >= 0.3 is 5.71 Å². The van der Waals surface area contributed by atoms with Gasteiger partial charge in [-0.2, -0.15) is 0 Å². The van der Waals surface area contributed by atoms with Crippen LogP contribution in [0.3, 0.4) is 0 Å².